The summed E-state index contributed by atoms with van der Waals surface area (Å²) in [7, 11) is 0. The lowest BCUT2D eigenvalue weighted by Gasteiger charge is -2.36. The Morgan fingerprint density at radius 2 is 1.95 bits per heavy atom. The summed E-state index contributed by atoms with van der Waals surface area (Å²) in [5.74, 6) is 0. The monoisotopic (exact) mass is 282 g/mol. The van der Waals surface area contributed by atoms with E-state index >= 15 is 0 Å². The van der Waals surface area contributed by atoms with Crippen molar-refractivity contribution in [3.63, 3.8) is 0 Å². The Balaban J connectivity index is 2.25. The molecule has 2 aromatic carbocycles. The van der Waals surface area contributed by atoms with Crippen LogP contribution < -0.4 is 4.90 Å². The minimum atomic E-state index is -0.634. The Morgan fingerprint density at radius 3 is 2.70 bits per heavy atom. The van der Waals surface area contributed by atoms with Crippen molar-refractivity contribution in [2.45, 2.75) is 29.4 Å². The highest BCUT2D eigenvalue weighted by Crippen LogP contribution is 2.50. The van der Waals surface area contributed by atoms with Gasteiger partial charge < -0.3 is 10.0 Å². The molecule has 1 aliphatic heterocycles. The van der Waals surface area contributed by atoms with Gasteiger partial charge in [0, 0.05) is 9.79 Å². The number of anilines is 2. The van der Waals surface area contributed by atoms with Crippen LogP contribution >= 0.6 is 11.8 Å². The number of aliphatic hydroxyl groups excluding tert-OH is 1. The summed E-state index contributed by atoms with van der Waals surface area (Å²) >= 11 is 1.64. The molecule has 1 aliphatic rings. The topological polar surface area (TPSA) is 47.3 Å². The van der Waals surface area contributed by atoms with Gasteiger partial charge in [-0.25, -0.2) is 0 Å². The Labute approximate surface area is 122 Å². The summed E-state index contributed by atoms with van der Waals surface area (Å²) in [4.78, 5) is 3.98. The first kappa shape index (κ1) is 13.0. The van der Waals surface area contributed by atoms with Gasteiger partial charge in [0.05, 0.1) is 16.9 Å². The minimum Gasteiger partial charge on any atom is -0.373 e. The molecule has 0 fully saturated rings. The molecule has 0 radical (unpaired) electrons. The van der Waals surface area contributed by atoms with Gasteiger partial charge in [0.1, 0.15) is 12.3 Å². The van der Waals surface area contributed by atoms with E-state index in [1.165, 1.54) is 0 Å². The molecule has 100 valence electrons. The van der Waals surface area contributed by atoms with Crippen LogP contribution in [0.2, 0.25) is 0 Å². The van der Waals surface area contributed by atoms with Crippen LogP contribution in [0.15, 0.2) is 52.3 Å². The molecule has 1 heterocycles. The molecule has 0 amide bonds. The van der Waals surface area contributed by atoms with Gasteiger partial charge in [-0.1, -0.05) is 36.9 Å². The lowest BCUT2D eigenvalue weighted by atomic mass is 10.1. The van der Waals surface area contributed by atoms with Gasteiger partial charge in [0.2, 0.25) is 0 Å². The molecule has 4 heteroatoms. The van der Waals surface area contributed by atoms with E-state index in [9.17, 15) is 10.4 Å². The van der Waals surface area contributed by atoms with Crippen molar-refractivity contribution >= 4 is 23.1 Å². The molecular weight excluding hydrogens is 268 g/mol. The third-order valence-corrected chi connectivity index (χ3v) is 4.48. The zero-order chi connectivity index (χ0) is 14.1. The average molecular weight is 282 g/mol. The molecule has 0 aliphatic carbocycles. The summed E-state index contributed by atoms with van der Waals surface area (Å²) < 4.78 is 0. The van der Waals surface area contributed by atoms with Crippen LogP contribution in [0.1, 0.15) is 18.9 Å². The first-order chi connectivity index (χ1) is 9.76. The van der Waals surface area contributed by atoms with Crippen LogP contribution in [-0.4, -0.2) is 11.3 Å². The molecule has 2 aromatic rings. The maximum atomic E-state index is 10.4. The van der Waals surface area contributed by atoms with Gasteiger partial charge in [-0.2, -0.15) is 5.26 Å². The number of nitriles is 1. The van der Waals surface area contributed by atoms with E-state index in [4.69, 9.17) is 0 Å². The number of hydrogen-bond donors (Lipinski definition) is 1. The quantitative estimate of drug-likeness (QED) is 0.907. The zero-order valence-electron chi connectivity index (χ0n) is 11.1. The fourth-order valence-corrected chi connectivity index (χ4v) is 3.52. The van der Waals surface area contributed by atoms with Crippen LogP contribution in [0.5, 0.6) is 0 Å². The van der Waals surface area contributed by atoms with Crippen molar-refractivity contribution < 1.29 is 5.11 Å². The molecule has 1 N–H and O–H groups in total. The molecular formula is C16H14N2OS. The highest BCUT2D eigenvalue weighted by molar-refractivity contribution is 7.99. The number of benzene rings is 2. The van der Waals surface area contributed by atoms with Crippen LogP contribution in [0.4, 0.5) is 11.4 Å². The number of fused-ring (bicyclic) bond motifs is 2. The van der Waals surface area contributed by atoms with Gasteiger partial charge in [-0.15, -0.1) is 0 Å². The second-order valence-electron chi connectivity index (χ2n) is 4.59. The zero-order valence-corrected chi connectivity index (χ0v) is 11.9. The molecule has 3 nitrogen and oxygen atoms in total. The number of hydrogen-bond acceptors (Lipinski definition) is 4. The first-order valence-corrected chi connectivity index (χ1v) is 7.35. The van der Waals surface area contributed by atoms with Gasteiger partial charge >= 0.3 is 0 Å². The average Bonchev–Trinajstić information content (AvgIpc) is 2.51. The Morgan fingerprint density at radius 1 is 1.20 bits per heavy atom. The van der Waals surface area contributed by atoms with Crippen molar-refractivity contribution in [2.75, 3.05) is 4.90 Å². The summed E-state index contributed by atoms with van der Waals surface area (Å²) in [5, 5.41) is 19.7. The summed E-state index contributed by atoms with van der Waals surface area (Å²) in [5.41, 5.74) is 2.37. The highest BCUT2D eigenvalue weighted by atomic mass is 32.2. The Bertz CT molecular complexity index is 693. The van der Waals surface area contributed by atoms with E-state index in [1.54, 1.807) is 17.8 Å². The molecule has 0 spiro atoms. The van der Waals surface area contributed by atoms with E-state index in [1.807, 2.05) is 48.2 Å². The number of nitrogens with zero attached hydrogens (tertiary/aromatic N) is 2. The Hall–Kier alpha value is -1.96. The van der Waals surface area contributed by atoms with Crippen molar-refractivity contribution in [2.24, 2.45) is 0 Å². The minimum absolute atomic E-state index is 0.594. The number of aliphatic hydroxyl groups is 1. The molecule has 0 saturated heterocycles. The van der Waals surface area contributed by atoms with Crippen molar-refractivity contribution in [1.82, 2.24) is 0 Å². The fraction of sp³-hybridized carbons (Fsp3) is 0.188. The molecule has 0 saturated carbocycles. The van der Waals surface area contributed by atoms with E-state index < -0.39 is 6.23 Å². The van der Waals surface area contributed by atoms with Gasteiger partial charge in [-0.3, -0.25) is 0 Å². The molecule has 1 atom stereocenters. The standard InChI is InChI=1S/C16H14N2OS/c1-2-15(19)18-12-7-3-4-8-13(12)20-14-9-5-6-11(10-17)16(14)18/h3-9,15,19H,2H2,1H3. The van der Waals surface area contributed by atoms with Gasteiger partial charge in [-0.05, 0) is 30.7 Å². The van der Waals surface area contributed by atoms with Crippen LogP contribution in [0.25, 0.3) is 0 Å². The molecule has 0 aromatic heterocycles. The number of para-hydroxylation sites is 2. The first-order valence-electron chi connectivity index (χ1n) is 6.53. The molecule has 0 bridgehead atoms. The second kappa shape index (κ2) is 5.20. The Kier molecular flexibility index (Phi) is 3.39. The normalized spacial score (nSPS) is 14.2. The summed E-state index contributed by atoms with van der Waals surface area (Å²) in [6, 6.07) is 15.9. The molecule has 20 heavy (non-hydrogen) atoms. The van der Waals surface area contributed by atoms with Crippen molar-refractivity contribution in [1.29, 1.82) is 5.26 Å². The summed E-state index contributed by atoms with van der Waals surface area (Å²) in [6.45, 7) is 1.93. The largest absolute Gasteiger partial charge is 0.373 e. The van der Waals surface area contributed by atoms with Gasteiger partial charge in [0.15, 0.2) is 0 Å². The lowest BCUT2D eigenvalue weighted by molar-refractivity contribution is 0.175. The maximum Gasteiger partial charge on any atom is 0.131 e. The van der Waals surface area contributed by atoms with Crippen molar-refractivity contribution in [3.05, 3.63) is 48.0 Å². The second-order valence-corrected chi connectivity index (χ2v) is 5.68. The predicted molar refractivity (Wildman–Crippen MR) is 80.2 cm³/mol. The molecule has 3 rings (SSSR count). The SMILES string of the molecule is CCC(O)N1c2ccccc2Sc2cccc(C#N)c21. The number of rotatable bonds is 2. The molecule has 1 unspecified atom stereocenters. The smallest absolute Gasteiger partial charge is 0.131 e. The van der Waals surface area contributed by atoms with Crippen LogP contribution in [-0.2, 0) is 0 Å². The van der Waals surface area contributed by atoms with Crippen LogP contribution in [0.3, 0.4) is 0 Å². The highest BCUT2D eigenvalue weighted by Gasteiger charge is 2.29. The third-order valence-electron chi connectivity index (χ3n) is 3.37. The maximum absolute atomic E-state index is 10.4. The van der Waals surface area contributed by atoms with E-state index in [0.717, 1.165) is 21.2 Å². The van der Waals surface area contributed by atoms with Crippen LogP contribution in [0, 0.1) is 11.3 Å². The lowest BCUT2D eigenvalue weighted by Crippen LogP contribution is -2.32. The predicted octanol–water partition coefficient (Wildman–Crippen LogP) is 3.89. The van der Waals surface area contributed by atoms with E-state index in [0.29, 0.717) is 12.0 Å². The van der Waals surface area contributed by atoms with Crippen molar-refractivity contribution in [3.8, 4) is 6.07 Å². The summed E-state index contributed by atoms with van der Waals surface area (Å²) in [6.07, 6.45) is -0.0385. The third kappa shape index (κ3) is 1.96. The van der Waals surface area contributed by atoms with E-state index in [-0.39, 0.29) is 0 Å². The van der Waals surface area contributed by atoms with Gasteiger partial charge in [0.25, 0.3) is 0 Å². The van der Waals surface area contributed by atoms with E-state index in [2.05, 4.69) is 6.07 Å². The fourth-order valence-electron chi connectivity index (χ4n) is 2.42.